The lowest BCUT2D eigenvalue weighted by Crippen LogP contribution is -2.44. The molecule has 7 atom stereocenters. The van der Waals surface area contributed by atoms with Gasteiger partial charge < -0.3 is 60.2 Å². The topological polar surface area (TPSA) is 433 Å². The average Bonchev–Trinajstić information content (AvgIpc) is 1.74. The first-order chi connectivity index (χ1) is 43.6. The van der Waals surface area contributed by atoms with Gasteiger partial charge in [0.1, 0.15) is 42.1 Å². The van der Waals surface area contributed by atoms with E-state index in [4.69, 9.17) is 24.5 Å². The normalized spacial score (nSPS) is 22.2. The fourth-order valence-corrected chi connectivity index (χ4v) is 16.5. The van der Waals surface area contributed by atoms with Crippen LogP contribution in [0, 0.1) is 0 Å². The SMILES string of the molecule is CCN1c2cc3c(cc2C(C)=CC1(C)C)C(=CC=CC=CC1=[N+](CCCS(=O)(=O)O)c2ccc(S(=O)(=O)O)cc2C1(C)CCCC(=O)NCCNC(=O)O[C@@H]1[C@H](O)[C@@H](COP(=O)(O)OP(=O)(O)OP(O)(O)=S)O[C@H]1n1cnc2c(N)ncnc21)C=C(c1ccccc1)O3. The lowest BCUT2D eigenvalue weighted by molar-refractivity contribution is -0.437. The number of phosphoric acid groups is 2. The van der Waals surface area contributed by atoms with Crippen LogP contribution in [0.3, 0.4) is 0 Å². The minimum absolute atomic E-state index is 0.0259. The van der Waals surface area contributed by atoms with Crippen LogP contribution in [0.5, 0.6) is 5.75 Å². The Labute approximate surface area is 539 Å². The number of nitrogen functional groups attached to an aromatic ring is 1. The third-order valence-electron chi connectivity index (χ3n) is 15.6. The first kappa shape index (κ1) is 70.6. The summed E-state index contributed by atoms with van der Waals surface area (Å²) in [4.78, 5) is 79.2. The minimum Gasteiger partial charge on any atom is -0.456 e. The Morgan fingerprint density at radius 2 is 1.65 bits per heavy atom. The van der Waals surface area contributed by atoms with Gasteiger partial charge >= 0.3 is 28.5 Å². The molecule has 0 bridgehead atoms. The second-order valence-electron chi connectivity index (χ2n) is 22.6. The van der Waals surface area contributed by atoms with Gasteiger partial charge in [-0.25, -0.2) is 33.2 Å². The van der Waals surface area contributed by atoms with Gasteiger partial charge in [0, 0.05) is 78.6 Å². The van der Waals surface area contributed by atoms with Crippen LogP contribution in [0.1, 0.15) is 88.8 Å². The Balaban J connectivity index is 0.898. The van der Waals surface area contributed by atoms with Crippen LogP contribution in [-0.4, -0.2) is 155 Å². The summed E-state index contributed by atoms with van der Waals surface area (Å²) in [6.45, 7) is 4.81. The molecule has 4 aliphatic heterocycles. The summed E-state index contributed by atoms with van der Waals surface area (Å²) >= 11 is 4.10. The zero-order chi connectivity index (χ0) is 67.6. The Bertz CT molecular complexity index is 4330. The van der Waals surface area contributed by atoms with Gasteiger partial charge in [0.15, 0.2) is 29.5 Å². The van der Waals surface area contributed by atoms with E-state index in [0.717, 1.165) is 52.7 Å². The zero-order valence-electron chi connectivity index (χ0n) is 50.5. The van der Waals surface area contributed by atoms with Gasteiger partial charge in [0.2, 0.25) is 11.6 Å². The summed E-state index contributed by atoms with van der Waals surface area (Å²) in [6.07, 6.45) is 7.96. The number of hydrogen-bond acceptors (Lipinski definition) is 21. The van der Waals surface area contributed by atoms with Crippen molar-refractivity contribution in [2.24, 2.45) is 0 Å². The Morgan fingerprint density at radius 1 is 0.914 bits per heavy atom. The maximum absolute atomic E-state index is 13.5. The van der Waals surface area contributed by atoms with Gasteiger partial charge in [0.25, 0.3) is 20.2 Å². The highest BCUT2D eigenvalue weighted by atomic mass is 32.5. The van der Waals surface area contributed by atoms with E-state index in [9.17, 15) is 69.3 Å². The molecule has 30 nitrogen and oxygen atoms in total. The molecule has 11 N–H and O–H groups in total. The number of imidazole rings is 1. The number of nitrogens with one attached hydrogen (secondary N) is 2. The summed E-state index contributed by atoms with van der Waals surface area (Å²) in [7, 11) is -20.5. The molecule has 36 heteroatoms. The quantitative estimate of drug-likeness (QED) is 0.00900. The number of aliphatic hydroxyl groups excluding tert-OH is 1. The number of carbonyl (C=O) groups is 2. The molecule has 1 fully saturated rings. The second-order valence-corrected chi connectivity index (χ2v) is 31.5. The lowest BCUT2D eigenvalue weighted by atomic mass is 9.75. The number of benzene rings is 3. The predicted molar refractivity (Wildman–Crippen MR) is 344 cm³/mol. The average molecular weight is 1410 g/mol. The molecule has 6 heterocycles. The van der Waals surface area contributed by atoms with Crippen molar-refractivity contribution in [3.8, 4) is 5.75 Å². The Morgan fingerprint density at radius 3 is 2.34 bits per heavy atom. The van der Waals surface area contributed by atoms with Crippen molar-refractivity contribution < 1.29 is 101 Å². The van der Waals surface area contributed by atoms with E-state index in [0.29, 0.717) is 28.5 Å². The number of anilines is 2. The second kappa shape index (κ2) is 27.9. The fraction of sp³-hybridized carbons (Fsp3) is 0.368. The van der Waals surface area contributed by atoms with E-state index in [2.05, 4.69) is 96.8 Å². The number of likely N-dealkylation sites (N-methyl/N-ethyl adjacent to an activating group) is 1. The van der Waals surface area contributed by atoms with E-state index >= 15 is 0 Å². The summed E-state index contributed by atoms with van der Waals surface area (Å²) in [6, 6.07) is 18.0. The van der Waals surface area contributed by atoms with Crippen molar-refractivity contribution in [3.05, 3.63) is 138 Å². The van der Waals surface area contributed by atoms with Crippen molar-refractivity contribution in [2.75, 3.05) is 49.2 Å². The van der Waals surface area contributed by atoms with Crippen LogP contribution in [0.15, 0.2) is 121 Å². The van der Waals surface area contributed by atoms with Crippen LogP contribution >= 0.6 is 22.4 Å². The van der Waals surface area contributed by atoms with E-state index in [1.807, 2.05) is 60.1 Å². The highest BCUT2D eigenvalue weighted by Crippen LogP contribution is 2.66. The number of allylic oxidation sites excluding steroid dienone is 8. The number of fused-ring (bicyclic) bond motifs is 4. The minimum atomic E-state index is -5.71. The lowest BCUT2D eigenvalue weighted by Gasteiger charge is -2.43. The maximum atomic E-state index is 13.5. The van der Waals surface area contributed by atoms with Crippen LogP contribution in [0.2, 0.25) is 0 Å². The molecule has 2 aromatic heterocycles. The number of ether oxygens (including phenoxy) is 3. The third kappa shape index (κ3) is 16.9. The molecule has 1 saturated heterocycles. The molecule has 5 aromatic rings. The highest BCUT2D eigenvalue weighted by Gasteiger charge is 2.51. The van der Waals surface area contributed by atoms with E-state index in [1.165, 1.54) is 22.8 Å². The molecule has 9 rings (SSSR count). The van der Waals surface area contributed by atoms with E-state index < -0.39 is 102 Å². The molecule has 3 unspecified atom stereocenters. The van der Waals surface area contributed by atoms with Crippen molar-refractivity contribution in [2.45, 2.75) is 101 Å². The van der Waals surface area contributed by atoms with Crippen LogP contribution in [0.4, 0.5) is 22.0 Å². The number of phosphoric ester groups is 1. The molecule has 0 saturated carbocycles. The van der Waals surface area contributed by atoms with Crippen LogP contribution in [-0.2, 0) is 74.0 Å². The van der Waals surface area contributed by atoms with Gasteiger partial charge in [-0.05, 0) is 94.7 Å². The predicted octanol–water partition coefficient (Wildman–Crippen LogP) is 6.74. The fourth-order valence-electron chi connectivity index (χ4n) is 11.7. The van der Waals surface area contributed by atoms with Crippen molar-refractivity contribution in [1.29, 1.82) is 0 Å². The molecular weight excluding hydrogens is 1340 g/mol. The molecule has 0 spiro atoms. The summed E-state index contributed by atoms with van der Waals surface area (Å²) < 4.78 is 128. The maximum Gasteiger partial charge on any atom is 0.488 e. The van der Waals surface area contributed by atoms with E-state index in [1.54, 1.807) is 18.2 Å². The number of aliphatic hydroxyl groups is 1. The number of carbonyl (C=O) groups excluding carboxylic acids is 2. The molecule has 0 radical (unpaired) electrons. The van der Waals surface area contributed by atoms with Crippen molar-refractivity contribution in [3.63, 3.8) is 0 Å². The largest absolute Gasteiger partial charge is 0.488 e. The molecule has 3 aromatic carbocycles. The third-order valence-corrected chi connectivity index (χ3v) is 21.7. The number of nitrogens with zero attached hydrogens (tertiary/aromatic N) is 6. The zero-order valence-corrected chi connectivity index (χ0v) is 55.7. The Kier molecular flexibility index (Phi) is 21.2. The van der Waals surface area contributed by atoms with Gasteiger partial charge in [-0.3, -0.25) is 23.0 Å². The number of rotatable bonds is 26. The Hall–Kier alpha value is -6.71. The number of aromatic nitrogens is 4. The first-order valence-corrected chi connectivity index (χ1v) is 37.4. The van der Waals surface area contributed by atoms with Crippen molar-refractivity contribution in [1.82, 2.24) is 30.2 Å². The smallest absolute Gasteiger partial charge is 0.456 e. The number of nitrogens with two attached hydrogens (primary N) is 1. The molecule has 500 valence electrons. The molecule has 4 aliphatic rings. The number of alkyl carbamates (subject to hydrolysis) is 1. The summed E-state index contributed by atoms with van der Waals surface area (Å²) in [5.74, 6) is 0.207. The molecule has 93 heavy (non-hydrogen) atoms. The summed E-state index contributed by atoms with van der Waals surface area (Å²) in [5.41, 5.74) is 12.1. The van der Waals surface area contributed by atoms with Gasteiger partial charge in [-0.15, -0.1) is 0 Å². The monoisotopic (exact) mass is 1400 g/mol. The van der Waals surface area contributed by atoms with Gasteiger partial charge in [-0.2, -0.15) is 25.7 Å². The number of hydrogen-bond donors (Lipinski definition) is 10. The van der Waals surface area contributed by atoms with Crippen molar-refractivity contribution >= 4 is 117 Å². The number of amides is 2. The van der Waals surface area contributed by atoms with Gasteiger partial charge in [0.05, 0.1) is 34.5 Å². The van der Waals surface area contributed by atoms with E-state index in [-0.39, 0.29) is 67.8 Å². The standard InChI is InChI=1S/C57H68N9O21P3S3/c1-6-66-43-30-45-40(29-39(43)35(2)31-56(66,3)4)37(27-44(83-45)36-15-9-7-10-16-36)17-11-8-12-18-47-57(5,41-28-38(93(79,80)81)20-21-42(41)64(47)25-14-26-92(76,77)78)22-13-19-48(67)59-23-24-60-55(69)85-51-50(68)46(32-82-88(70,71)86-89(72,73)87-90(74,75)91)84-54(51)65-34-63-49-52(58)61-33-62-53(49)65/h7-12,15-18,20-21,27-31,33-34,46,50-51,54,68H,6,13-14,19,22-26,32H2,1-5H3,(H9-,58,59,60,61,62,67,69,70,71,72,73,74,75,76,77,78,79,80,81,91)/p+1/t46-,50-,51-,54-,57?/m1/s1. The van der Waals surface area contributed by atoms with Crippen LogP contribution < -0.4 is 26.0 Å². The summed E-state index contributed by atoms with van der Waals surface area (Å²) in [5, 5.41) is 16.5. The first-order valence-electron chi connectivity index (χ1n) is 28.7. The molecular formula is C57H69N9O21P3S3+. The molecule has 2 amide bonds. The molecule has 0 aliphatic carbocycles. The van der Waals surface area contributed by atoms with Gasteiger partial charge in [-0.1, -0.05) is 60.7 Å². The highest BCUT2D eigenvalue weighted by molar-refractivity contribution is 8.08. The van der Waals surface area contributed by atoms with Crippen LogP contribution in [0.25, 0.3) is 28.1 Å².